The van der Waals surface area contributed by atoms with Crippen LogP contribution in [0.3, 0.4) is 0 Å². The molecule has 0 saturated carbocycles. The van der Waals surface area contributed by atoms with E-state index in [2.05, 4.69) is 5.32 Å². The standard InChI is InChI=1S/C14H14FNO2S/c1-9-2-3-10(6-13(9)15)16-8-12-5-4-11(19-12)7-14(17)18/h2-6,16H,7-8H2,1H3,(H,17,18). The molecule has 1 aromatic carbocycles. The predicted molar refractivity (Wildman–Crippen MR) is 74.1 cm³/mol. The van der Waals surface area contributed by atoms with Crippen LogP contribution in [0.15, 0.2) is 30.3 Å². The molecule has 100 valence electrons. The number of rotatable bonds is 5. The molecule has 0 fully saturated rings. The maximum absolute atomic E-state index is 13.3. The summed E-state index contributed by atoms with van der Waals surface area (Å²) in [5, 5.41) is 11.8. The lowest BCUT2D eigenvalue weighted by molar-refractivity contribution is -0.136. The van der Waals surface area contributed by atoms with E-state index in [1.54, 1.807) is 13.0 Å². The molecule has 0 spiro atoms. The maximum atomic E-state index is 13.3. The summed E-state index contributed by atoms with van der Waals surface area (Å²) >= 11 is 1.45. The first kappa shape index (κ1) is 13.5. The van der Waals surface area contributed by atoms with Gasteiger partial charge in [0.25, 0.3) is 0 Å². The van der Waals surface area contributed by atoms with E-state index in [1.807, 2.05) is 18.2 Å². The Morgan fingerprint density at radius 2 is 2.05 bits per heavy atom. The molecule has 3 nitrogen and oxygen atoms in total. The molecule has 5 heteroatoms. The minimum Gasteiger partial charge on any atom is -0.481 e. The highest BCUT2D eigenvalue weighted by atomic mass is 32.1. The second-order valence-corrected chi connectivity index (χ2v) is 5.51. The number of aliphatic carboxylic acids is 1. The fraction of sp³-hybridized carbons (Fsp3) is 0.214. The number of benzene rings is 1. The Morgan fingerprint density at radius 3 is 2.74 bits per heavy atom. The summed E-state index contributed by atoms with van der Waals surface area (Å²) in [5.41, 5.74) is 1.33. The first-order chi connectivity index (χ1) is 9.04. The third-order valence-corrected chi connectivity index (χ3v) is 3.77. The molecule has 0 aliphatic rings. The molecule has 0 aliphatic carbocycles. The largest absolute Gasteiger partial charge is 0.481 e. The van der Waals surface area contributed by atoms with Crippen LogP contribution in [-0.4, -0.2) is 11.1 Å². The molecule has 0 atom stereocenters. The van der Waals surface area contributed by atoms with Gasteiger partial charge in [0.2, 0.25) is 0 Å². The Morgan fingerprint density at radius 1 is 1.32 bits per heavy atom. The van der Waals surface area contributed by atoms with Crippen LogP contribution in [0.2, 0.25) is 0 Å². The average Bonchev–Trinajstić information content (AvgIpc) is 2.77. The Balaban J connectivity index is 1.96. The SMILES string of the molecule is Cc1ccc(NCc2ccc(CC(=O)O)s2)cc1F. The van der Waals surface area contributed by atoms with Crippen LogP contribution < -0.4 is 5.32 Å². The van der Waals surface area contributed by atoms with Crippen molar-refractivity contribution in [2.24, 2.45) is 0 Å². The van der Waals surface area contributed by atoms with Crippen molar-refractivity contribution >= 4 is 23.0 Å². The highest BCUT2D eigenvalue weighted by molar-refractivity contribution is 7.12. The quantitative estimate of drug-likeness (QED) is 0.881. The van der Waals surface area contributed by atoms with Gasteiger partial charge in [-0.15, -0.1) is 11.3 Å². The van der Waals surface area contributed by atoms with Crippen molar-refractivity contribution in [2.75, 3.05) is 5.32 Å². The number of thiophene rings is 1. The second-order valence-electron chi connectivity index (χ2n) is 4.26. The zero-order valence-corrected chi connectivity index (χ0v) is 11.3. The lowest BCUT2D eigenvalue weighted by Gasteiger charge is -2.05. The fourth-order valence-corrected chi connectivity index (χ4v) is 2.60. The zero-order valence-electron chi connectivity index (χ0n) is 10.4. The van der Waals surface area contributed by atoms with Gasteiger partial charge in [-0.1, -0.05) is 6.07 Å². The molecule has 2 N–H and O–H groups in total. The van der Waals surface area contributed by atoms with Gasteiger partial charge in [0.15, 0.2) is 0 Å². The van der Waals surface area contributed by atoms with Crippen molar-refractivity contribution in [3.8, 4) is 0 Å². The number of carboxylic acid groups (broad SMARTS) is 1. The van der Waals surface area contributed by atoms with Crippen molar-refractivity contribution in [3.05, 3.63) is 51.5 Å². The van der Waals surface area contributed by atoms with Gasteiger partial charge in [0.05, 0.1) is 6.42 Å². The molecule has 0 saturated heterocycles. The summed E-state index contributed by atoms with van der Waals surface area (Å²) in [7, 11) is 0. The molecule has 2 rings (SSSR count). The van der Waals surface area contributed by atoms with Crippen LogP contribution in [0.5, 0.6) is 0 Å². The molecule has 1 heterocycles. The van der Waals surface area contributed by atoms with Gasteiger partial charge in [0, 0.05) is 22.0 Å². The van der Waals surface area contributed by atoms with Crippen LogP contribution in [0.1, 0.15) is 15.3 Å². The molecule has 0 amide bonds. The van der Waals surface area contributed by atoms with Gasteiger partial charge in [0.1, 0.15) is 5.82 Å². The molecule has 2 aromatic rings. The van der Waals surface area contributed by atoms with Gasteiger partial charge in [-0.25, -0.2) is 4.39 Å². The van der Waals surface area contributed by atoms with Crippen LogP contribution in [0, 0.1) is 12.7 Å². The third-order valence-electron chi connectivity index (χ3n) is 2.68. The predicted octanol–water partition coefficient (Wildman–Crippen LogP) is 3.43. The average molecular weight is 279 g/mol. The highest BCUT2D eigenvalue weighted by Gasteiger charge is 2.05. The summed E-state index contributed by atoms with van der Waals surface area (Å²) in [6.45, 7) is 2.28. The van der Waals surface area contributed by atoms with Gasteiger partial charge >= 0.3 is 5.97 Å². The van der Waals surface area contributed by atoms with Gasteiger partial charge in [-0.05, 0) is 36.8 Å². The fourth-order valence-electron chi connectivity index (χ4n) is 1.65. The molecule has 1 aromatic heterocycles. The maximum Gasteiger partial charge on any atom is 0.308 e. The van der Waals surface area contributed by atoms with E-state index < -0.39 is 5.97 Å². The smallest absolute Gasteiger partial charge is 0.308 e. The van der Waals surface area contributed by atoms with Crippen molar-refractivity contribution in [1.82, 2.24) is 0 Å². The minimum absolute atomic E-state index is 0.0455. The van der Waals surface area contributed by atoms with E-state index in [1.165, 1.54) is 17.4 Å². The van der Waals surface area contributed by atoms with Crippen molar-refractivity contribution in [3.63, 3.8) is 0 Å². The Kier molecular flexibility index (Phi) is 4.16. The third kappa shape index (κ3) is 3.79. The summed E-state index contributed by atoms with van der Waals surface area (Å²) in [6.07, 6.45) is 0.0455. The molecule has 0 unspecified atom stereocenters. The van der Waals surface area contributed by atoms with E-state index in [4.69, 9.17) is 5.11 Å². The van der Waals surface area contributed by atoms with Gasteiger partial charge in [-0.3, -0.25) is 4.79 Å². The molecular formula is C14H14FNO2S. The number of anilines is 1. The number of aryl methyl sites for hydroxylation is 1. The lowest BCUT2D eigenvalue weighted by atomic mass is 10.2. The normalized spacial score (nSPS) is 10.4. The van der Waals surface area contributed by atoms with Crippen molar-refractivity contribution < 1.29 is 14.3 Å². The first-order valence-corrected chi connectivity index (χ1v) is 6.65. The number of carboxylic acids is 1. The van der Waals surface area contributed by atoms with Crippen molar-refractivity contribution in [2.45, 2.75) is 19.9 Å². The molecule has 0 radical (unpaired) electrons. The summed E-state index contributed by atoms with van der Waals surface area (Å²) in [5.74, 6) is -1.07. The van der Waals surface area contributed by atoms with Gasteiger partial charge < -0.3 is 10.4 Å². The monoisotopic (exact) mass is 279 g/mol. The summed E-state index contributed by atoms with van der Waals surface area (Å²) in [4.78, 5) is 12.4. The van der Waals surface area contributed by atoms with Crippen molar-refractivity contribution in [1.29, 1.82) is 0 Å². The highest BCUT2D eigenvalue weighted by Crippen LogP contribution is 2.19. The van der Waals surface area contributed by atoms with E-state index in [0.717, 1.165) is 15.4 Å². The minimum atomic E-state index is -0.832. The number of hydrogen-bond acceptors (Lipinski definition) is 3. The first-order valence-electron chi connectivity index (χ1n) is 5.84. The molecule has 0 aliphatic heterocycles. The Bertz CT molecular complexity index is 595. The number of nitrogens with one attached hydrogen (secondary N) is 1. The van der Waals surface area contributed by atoms with E-state index >= 15 is 0 Å². The Labute approximate surface area is 114 Å². The molecule has 0 bridgehead atoms. The number of hydrogen-bond donors (Lipinski definition) is 2. The topological polar surface area (TPSA) is 49.3 Å². The molecular weight excluding hydrogens is 265 g/mol. The molecule has 19 heavy (non-hydrogen) atoms. The van der Waals surface area contributed by atoms with Crippen LogP contribution in [-0.2, 0) is 17.8 Å². The lowest BCUT2D eigenvalue weighted by Crippen LogP contribution is -1.98. The van der Waals surface area contributed by atoms with Crippen LogP contribution >= 0.6 is 11.3 Å². The van der Waals surface area contributed by atoms with Crippen LogP contribution in [0.4, 0.5) is 10.1 Å². The Hall–Kier alpha value is -1.88. The van der Waals surface area contributed by atoms with Crippen LogP contribution in [0.25, 0.3) is 0 Å². The zero-order chi connectivity index (χ0) is 13.8. The summed E-state index contributed by atoms with van der Waals surface area (Å²) < 4.78 is 13.3. The number of halogens is 1. The summed E-state index contributed by atoms with van der Waals surface area (Å²) in [6, 6.07) is 8.71. The van der Waals surface area contributed by atoms with E-state index in [9.17, 15) is 9.18 Å². The second kappa shape index (κ2) is 5.84. The van der Waals surface area contributed by atoms with E-state index in [-0.39, 0.29) is 12.2 Å². The number of carbonyl (C=O) groups is 1. The van der Waals surface area contributed by atoms with E-state index in [0.29, 0.717) is 12.1 Å². The van der Waals surface area contributed by atoms with Gasteiger partial charge in [-0.2, -0.15) is 0 Å².